The Bertz CT molecular complexity index is 402. The molecule has 4 heteroatoms. The molecule has 86 valence electrons. The van der Waals surface area contributed by atoms with E-state index < -0.39 is 0 Å². The summed E-state index contributed by atoms with van der Waals surface area (Å²) in [4.78, 5) is 0. The minimum absolute atomic E-state index is 0.364. The van der Waals surface area contributed by atoms with Gasteiger partial charge in [0.2, 0.25) is 0 Å². The zero-order valence-electron chi connectivity index (χ0n) is 8.96. The predicted molar refractivity (Wildman–Crippen MR) is 62.4 cm³/mol. The Kier molecular flexibility index (Phi) is 2.65. The van der Waals surface area contributed by atoms with Gasteiger partial charge >= 0.3 is 0 Å². The summed E-state index contributed by atoms with van der Waals surface area (Å²) < 4.78 is 11.1. The number of rotatable bonds is 1. The van der Waals surface area contributed by atoms with Crippen molar-refractivity contribution >= 4 is 11.6 Å². The molecule has 1 unspecified atom stereocenters. The maximum Gasteiger partial charge on any atom is 0.162 e. The number of halogens is 1. The molecular formula is C12H14ClNO2. The van der Waals surface area contributed by atoms with E-state index in [1.807, 2.05) is 12.1 Å². The molecule has 0 aromatic heterocycles. The third-order valence-corrected chi connectivity index (χ3v) is 3.42. The van der Waals surface area contributed by atoms with Crippen molar-refractivity contribution in [2.75, 3.05) is 19.8 Å². The summed E-state index contributed by atoms with van der Waals surface area (Å²) in [6, 6.07) is 4.24. The van der Waals surface area contributed by atoms with E-state index in [9.17, 15) is 0 Å². The lowest BCUT2D eigenvalue weighted by atomic mass is 10.0. The molecule has 0 amide bonds. The third kappa shape index (κ3) is 1.74. The Morgan fingerprint density at radius 1 is 1.19 bits per heavy atom. The van der Waals surface area contributed by atoms with Gasteiger partial charge in [0.25, 0.3) is 0 Å². The molecule has 0 saturated carbocycles. The van der Waals surface area contributed by atoms with Crippen LogP contribution in [0.2, 0.25) is 5.02 Å². The molecular weight excluding hydrogens is 226 g/mol. The van der Waals surface area contributed by atoms with Crippen molar-refractivity contribution in [2.45, 2.75) is 18.9 Å². The van der Waals surface area contributed by atoms with Crippen molar-refractivity contribution in [1.29, 1.82) is 0 Å². The van der Waals surface area contributed by atoms with Crippen LogP contribution in [0.3, 0.4) is 0 Å². The average Bonchev–Trinajstić information content (AvgIpc) is 2.81. The van der Waals surface area contributed by atoms with Gasteiger partial charge in [-0.25, -0.2) is 0 Å². The monoisotopic (exact) mass is 239 g/mol. The van der Waals surface area contributed by atoms with E-state index in [1.54, 1.807) is 0 Å². The SMILES string of the molecule is Clc1cc2c(cc1C1CCCN1)OCCO2. The molecule has 1 atom stereocenters. The summed E-state index contributed by atoms with van der Waals surface area (Å²) in [6.07, 6.45) is 2.34. The van der Waals surface area contributed by atoms with E-state index in [0.29, 0.717) is 19.3 Å². The Morgan fingerprint density at radius 2 is 1.94 bits per heavy atom. The van der Waals surface area contributed by atoms with E-state index >= 15 is 0 Å². The number of hydrogen-bond acceptors (Lipinski definition) is 3. The second kappa shape index (κ2) is 4.15. The van der Waals surface area contributed by atoms with Gasteiger partial charge in [-0.15, -0.1) is 0 Å². The first-order valence-corrected chi connectivity index (χ1v) is 6.05. The molecule has 3 nitrogen and oxygen atoms in total. The maximum absolute atomic E-state index is 6.27. The van der Waals surface area contributed by atoms with E-state index in [-0.39, 0.29) is 0 Å². The van der Waals surface area contributed by atoms with Crippen LogP contribution in [0.25, 0.3) is 0 Å². The molecule has 1 fully saturated rings. The highest BCUT2D eigenvalue weighted by Crippen LogP contribution is 2.39. The fourth-order valence-corrected chi connectivity index (χ4v) is 2.58. The summed E-state index contributed by atoms with van der Waals surface area (Å²) in [5.41, 5.74) is 1.13. The first kappa shape index (κ1) is 10.2. The Balaban J connectivity index is 1.98. The van der Waals surface area contributed by atoms with Crippen LogP contribution in [0.5, 0.6) is 11.5 Å². The van der Waals surface area contributed by atoms with Crippen molar-refractivity contribution < 1.29 is 9.47 Å². The highest BCUT2D eigenvalue weighted by atomic mass is 35.5. The van der Waals surface area contributed by atoms with Crippen LogP contribution >= 0.6 is 11.6 Å². The normalized spacial score (nSPS) is 23.4. The molecule has 2 aliphatic rings. The second-order valence-electron chi connectivity index (χ2n) is 4.17. The fourth-order valence-electron chi connectivity index (χ4n) is 2.30. The highest BCUT2D eigenvalue weighted by molar-refractivity contribution is 6.31. The second-order valence-corrected chi connectivity index (χ2v) is 4.57. The molecule has 1 saturated heterocycles. The average molecular weight is 240 g/mol. The van der Waals surface area contributed by atoms with Gasteiger partial charge in [-0.2, -0.15) is 0 Å². The summed E-state index contributed by atoms with van der Waals surface area (Å²) in [5, 5.41) is 4.21. The Morgan fingerprint density at radius 3 is 2.62 bits per heavy atom. The lowest BCUT2D eigenvalue weighted by Crippen LogP contribution is -2.17. The van der Waals surface area contributed by atoms with E-state index in [0.717, 1.165) is 35.1 Å². The van der Waals surface area contributed by atoms with Gasteiger partial charge in [0.1, 0.15) is 13.2 Å². The van der Waals surface area contributed by atoms with Crippen molar-refractivity contribution in [1.82, 2.24) is 5.32 Å². The Hall–Kier alpha value is -0.930. The summed E-state index contributed by atoms with van der Waals surface area (Å²) in [7, 11) is 0. The molecule has 3 rings (SSSR count). The zero-order valence-corrected chi connectivity index (χ0v) is 9.72. The molecule has 0 aliphatic carbocycles. The number of hydrogen-bond donors (Lipinski definition) is 1. The molecule has 2 heterocycles. The molecule has 1 aromatic rings. The standard InChI is InChI=1S/C12H14ClNO2/c13-9-7-12-11(15-4-5-16-12)6-8(9)10-2-1-3-14-10/h6-7,10,14H,1-5H2. The fraction of sp³-hybridized carbons (Fsp3) is 0.500. The summed E-state index contributed by atoms with van der Waals surface area (Å²) in [5.74, 6) is 1.58. The van der Waals surface area contributed by atoms with Crippen LogP contribution in [-0.4, -0.2) is 19.8 Å². The molecule has 2 aliphatic heterocycles. The lowest BCUT2D eigenvalue weighted by molar-refractivity contribution is 0.171. The van der Waals surface area contributed by atoms with Crippen LogP contribution in [0.4, 0.5) is 0 Å². The summed E-state index contributed by atoms with van der Waals surface area (Å²) in [6.45, 7) is 2.28. The Labute approximate surface area is 99.7 Å². The van der Waals surface area contributed by atoms with Gasteiger partial charge in [-0.1, -0.05) is 11.6 Å². The van der Waals surface area contributed by atoms with Crippen molar-refractivity contribution in [2.24, 2.45) is 0 Å². The topological polar surface area (TPSA) is 30.5 Å². The van der Waals surface area contributed by atoms with Crippen LogP contribution in [0, 0.1) is 0 Å². The van der Waals surface area contributed by atoms with Crippen LogP contribution in [-0.2, 0) is 0 Å². The van der Waals surface area contributed by atoms with Gasteiger partial charge in [0.15, 0.2) is 11.5 Å². The van der Waals surface area contributed by atoms with Crippen LogP contribution in [0.1, 0.15) is 24.4 Å². The van der Waals surface area contributed by atoms with Gasteiger partial charge in [0, 0.05) is 17.1 Å². The third-order valence-electron chi connectivity index (χ3n) is 3.10. The first-order valence-electron chi connectivity index (χ1n) is 5.67. The molecule has 0 spiro atoms. The van der Waals surface area contributed by atoms with Crippen molar-refractivity contribution in [3.63, 3.8) is 0 Å². The molecule has 0 bridgehead atoms. The number of ether oxygens (including phenoxy) is 2. The predicted octanol–water partition coefficient (Wildman–Crippen LogP) is 2.54. The van der Waals surface area contributed by atoms with Gasteiger partial charge < -0.3 is 14.8 Å². The van der Waals surface area contributed by atoms with Crippen molar-refractivity contribution in [3.8, 4) is 11.5 Å². The van der Waals surface area contributed by atoms with Crippen LogP contribution < -0.4 is 14.8 Å². The van der Waals surface area contributed by atoms with E-state index in [1.165, 1.54) is 6.42 Å². The quantitative estimate of drug-likeness (QED) is 0.817. The van der Waals surface area contributed by atoms with Crippen molar-refractivity contribution in [3.05, 3.63) is 22.7 Å². The molecule has 16 heavy (non-hydrogen) atoms. The van der Waals surface area contributed by atoms with E-state index in [4.69, 9.17) is 21.1 Å². The maximum atomic E-state index is 6.27. The van der Waals surface area contributed by atoms with Crippen LogP contribution in [0.15, 0.2) is 12.1 Å². The number of fused-ring (bicyclic) bond motifs is 1. The minimum atomic E-state index is 0.364. The van der Waals surface area contributed by atoms with Gasteiger partial charge in [-0.3, -0.25) is 0 Å². The largest absolute Gasteiger partial charge is 0.486 e. The highest BCUT2D eigenvalue weighted by Gasteiger charge is 2.22. The summed E-state index contributed by atoms with van der Waals surface area (Å²) >= 11 is 6.27. The molecule has 0 radical (unpaired) electrons. The molecule has 1 aromatic carbocycles. The zero-order chi connectivity index (χ0) is 11.0. The van der Waals surface area contributed by atoms with E-state index in [2.05, 4.69) is 5.32 Å². The number of nitrogens with one attached hydrogen (secondary N) is 1. The molecule has 1 N–H and O–H groups in total. The minimum Gasteiger partial charge on any atom is -0.486 e. The lowest BCUT2D eigenvalue weighted by Gasteiger charge is -2.21. The van der Waals surface area contributed by atoms with Gasteiger partial charge in [-0.05, 0) is 31.0 Å². The smallest absolute Gasteiger partial charge is 0.162 e. The van der Waals surface area contributed by atoms with Gasteiger partial charge in [0.05, 0.1) is 0 Å². The first-order chi connectivity index (χ1) is 7.84. The number of benzene rings is 1.